The van der Waals surface area contributed by atoms with Crippen LogP contribution in [0.1, 0.15) is 33.6 Å². The highest BCUT2D eigenvalue weighted by Gasteiger charge is 2.20. The van der Waals surface area contributed by atoms with Crippen molar-refractivity contribution in [1.82, 2.24) is 0 Å². The fourth-order valence-electron chi connectivity index (χ4n) is 0.560. The van der Waals surface area contributed by atoms with E-state index in [0.29, 0.717) is 6.42 Å². The Morgan fingerprint density at radius 1 is 1.23 bits per heavy atom. The first-order valence-electron chi connectivity index (χ1n) is 4.31. The molecule has 0 bridgehead atoms. The van der Waals surface area contributed by atoms with E-state index in [2.05, 4.69) is 4.74 Å². The van der Waals surface area contributed by atoms with Crippen LogP contribution in [0.15, 0.2) is 0 Å². The van der Waals surface area contributed by atoms with Gasteiger partial charge < -0.3 is 4.74 Å². The molecule has 4 nitrogen and oxygen atoms in total. The van der Waals surface area contributed by atoms with Gasteiger partial charge in [0.15, 0.2) is 0 Å². The monoisotopic (exact) mass is 186 g/mol. The normalized spacial score (nSPS) is 11.9. The van der Waals surface area contributed by atoms with Gasteiger partial charge in [-0.05, 0) is 6.42 Å². The van der Waals surface area contributed by atoms with Crippen LogP contribution in [0.4, 0.5) is 0 Å². The summed E-state index contributed by atoms with van der Waals surface area (Å²) in [5.41, 5.74) is 0. The molecule has 0 aliphatic heterocycles. The van der Waals surface area contributed by atoms with Crippen LogP contribution in [0.25, 0.3) is 0 Å². The van der Waals surface area contributed by atoms with Gasteiger partial charge in [-0.2, -0.15) is 0 Å². The van der Waals surface area contributed by atoms with Crippen molar-refractivity contribution in [2.24, 2.45) is 5.92 Å². The lowest BCUT2D eigenvalue weighted by Gasteiger charge is -2.05. The molecule has 0 aromatic rings. The van der Waals surface area contributed by atoms with E-state index >= 15 is 0 Å². The van der Waals surface area contributed by atoms with Gasteiger partial charge in [-0.3, -0.25) is 9.59 Å². The Labute approximate surface area is 77.3 Å². The minimum atomic E-state index is -1.05. The Kier molecular flexibility index (Phi) is 4.96. The lowest BCUT2D eigenvalue weighted by molar-refractivity contribution is -0.166. The molecular formula is C9H14O4. The first-order chi connectivity index (χ1) is 6.02. The molecular weight excluding hydrogens is 172 g/mol. The summed E-state index contributed by atoms with van der Waals surface area (Å²) in [4.78, 5) is 32.6. The highest BCUT2D eigenvalue weighted by atomic mass is 16.6. The average Bonchev–Trinajstić information content (AvgIpc) is 2.14. The van der Waals surface area contributed by atoms with E-state index in [1.165, 1.54) is 6.92 Å². The van der Waals surface area contributed by atoms with E-state index < -0.39 is 17.7 Å². The van der Waals surface area contributed by atoms with Crippen molar-refractivity contribution in [2.45, 2.75) is 33.6 Å². The number of hydrogen-bond donors (Lipinski definition) is 0. The lowest BCUT2D eigenvalue weighted by Crippen LogP contribution is -2.24. The SMILES string of the molecule is CCC(=O)C(=O)OC(=O)C(C)CC. The molecule has 13 heavy (non-hydrogen) atoms. The molecule has 1 unspecified atom stereocenters. The minimum Gasteiger partial charge on any atom is -0.387 e. The Morgan fingerprint density at radius 2 is 1.77 bits per heavy atom. The minimum absolute atomic E-state index is 0.0621. The Bertz CT molecular complexity index is 220. The highest BCUT2D eigenvalue weighted by molar-refractivity contribution is 6.35. The van der Waals surface area contributed by atoms with E-state index in [1.54, 1.807) is 13.8 Å². The third-order valence-corrected chi connectivity index (χ3v) is 1.76. The third-order valence-electron chi connectivity index (χ3n) is 1.76. The van der Waals surface area contributed by atoms with E-state index in [9.17, 15) is 14.4 Å². The molecule has 0 rings (SSSR count). The van der Waals surface area contributed by atoms with E-state index in [-0.39, 0.29) is 12.3 Å². The molecule has 0 N–H and O–H groups in total. The number of hydrogen-bond acceptors (Lipinski definition) is 4. The summed E-state index contributed by atoms with van der Waals surface area (Å²) in [6, 6.07) is 0. The number of esters is 2. The molecule has 0 spiro atoms. The molecule has 0 aliphatic carbocycles. The average molecular weight is 186 g/mol. The van der Waals surface area contributed by atoms with Gasteiger partial charge in [-0.1, -0.05) is 20.8 Å². The van der Waals surface area contributed by atoms with E-state index in [0.717, 1.165) is 0 Å². The summed E-state index contributed by atoms with van der Waals surface area (Å²) in [6.07, 6.45) is 0.652. The van der Waals surface area contributed by atoms with Crippen LogP contribution in [0.2, 0.25) is 0 Å². The topological polar surface area (TPSA) is 60.4 Å². The number of carbonyl (C=O) groups excluding carboxylic acids is 3. The third kappa shape index (κ3) is 3.83. The Morgan fingerprint density at radius 3 is 2.15 bits per heavy atom. The first-order valence-corrected chi connectivity index (χ1v) is 4.31. The first kappa shape index (κ1) is 11.8. The van der Waals surface area contributed by atoms with Crippen LogP contribution >= 0.6 is 0 Å². The number of ether oxygens (including phenoxy) is 1. The zero-order valence-corrected chi connectivity index (χ0v) is 8.12. The van der Waals surface area contributed by atoms with Crippen molar-refractivity contribution in [3.8, 4) is 0 Å². The number of ketones is 1. The molecule has 0 radical (unpaired) electrons. The summed E-state index contributed by atoms with van der Waals surface area (Å²) < 4.78 is 4.33. The van der Waals surface area contributed by atoms with Gasteiger partial charge in [-0.15, -0.1) is 0 Å². The van der Waals surface area contributed by atoms with Crippen molar-refractivity contribution >= 4 is 17.7 Å². The lowest BCUT2D eigenvalue weighted by atomic mass is 10.1. The molecule has 74 valence electrons. The van der Waals surface area contributed by atoms with Gasteiger partial charge in [0, 0.05) is 6.42 Å². The summed E-state index contributed by atoms with van der Waals surface area (Å²) in [5.74, 6) is -2.69. The van der Waals surface area contributed by atoms with Crippen molar-refractivity contribution < 1.29 is 19.1 Å². The molecule has 1 atom stereocenters. The largest absolute Gasteiger partial charge is 0.387 e. The molecule has 0 fully saturated rings. The van der Waals surface area contributed by atoms with Gasteiger partial charge >= 0.3 is 11.9 Å². The summed E-state index contributed by atoms with van der Waals surface area (Å²) in [7, 11) is 0. The molecule has 0 aliphatic rings. The molecule has 0 aromatic carbocycles. The quantitative estimate of drug-likeness (QED) is 0.374. The summed E-state index contributed by atoms with van der Waals surface area (Å²) in [6.45, 7) is 4.99. The maximum Gasteiger partial charge on any atom is 0.382 e. The standard InChI is InChI=1S/C9H14O4/c1-4-6(3)8(11)13-9(12)7(10)5-2/h6H,4-5H2,1-3H3. The van der Waals surface area contributed by atoms with E-state index in [1.807, 2.05) is 0 Å². The van der Waals surface area contributed by atoms with Gasteiger partial charge in [0.2, 0.25) is 5.78 Å². The predicted molar refractivity (Wildman–Crippen MR) is 45.9 cm³/mol. The molecule has 4 heteroatoms. The van der Waals surface area contributed by atoms with Crippen LogP contribution in [0, 0.1) is 5.92 Å². The van der Waals surface area contributed by atoms with E-state index in [4.69, 9.17) is 0 Å². The number of rotatable bonds is 4. The zero-order valence-electron chi connectivity index (χ0n) is 8.12. The van der Waals surface area contributed by atoms with Gasteiger partial charge in [0.05, 0.1) is 5.92 Å². The Hall–Kier alpha value is -1.19. The molecule has 0 heterocycles. The number of Topliss-reactive ketones (excluding diaryl/α,β-unsaturated/α-hetero) is 1. The van der Waals surface area contributed by atoms with Crippen LogP contribution in [-0.2, 0) is 19.1 Å². The van der Waals surface area contributed by atoms with Crippen molar-refractivity contribution in [1.29, 1.82) is 0 Å². The predicted octanol–water partition coefficient (Wildman–Crippen LogP) is 1.08. The summed E-state index contributed by atoms with van der Waals surface area (Å²) >= 11 is 0. The maximum atomic E-state index is 11.0. The second-order valence-corrected chi connectivity index (χ2v) is 2.79. The molecule has 0 amide bonds. The molecule has 0 aromatic heterocycles. The van der Waals surface area contributed by atoms with Gasteiger partial charge in [0.25, 0.3) is 0 Å². The second kappa shape index (κ2) is 5.45. The molecule has 0 saturated heterocycles. The van der Waals surface area contributed by atoms with Crippen molar-refractivity contribution in [3.63, 3.8) is 0 Å². The Balaban J connectivity index is 4.07. The van der Waals surface area contributed by atoms with Gasteiger partial charge in [-0.25, -0.2) is 4.79 Å². The zero-order chi connectivity index (χ0) is 10.4. The van der Waals surface area contributed by atoms with Crippen LogP contribution in [-0.4, -0.2) is 17.7 Å². The van der Waals surface area contributed by atoms with Crippen LogP contribution in [0.5, 0.6) is 0 Å². The second-order valence-electron chi connectivity index (χ2n) is 2.79. The van der Waals surface area contributed by atoms with Crippen molar-refractivity contribution in [3.05, 3.63) is 0 Å². The fraction of sp³-hybridized carbons (Fsp3) is 0.667. The summed E-state index contributed by atoms with van der Waals surface area (Å²) in [5, 5.41) is 0. The van der Waals surface area contributed by atoms with Gasteiger partial charge in [0.1, 0.15) is 0 Å². The molecule has 0 saturated carbocycles. The highest BCUT2D eigenvalue weighted by Crippen LogP contribution is 2.03. The number of carbonyl (C=O) groups is 3. The van der Waals surface area contributed by atoms with Crippen LogP contribution in [0.3, 0.4) is 0 Å². The smallest absolute Gasteiger partial charge is 0.382 e. The maximum absolute atomic E-state index is 11.0. The van der Waals surface area contributed by atoms with Crippen LogP contribution < -0.4 is 0 Å². The fourth-order valence-corrected chi connectivity index (χ4v) is 0.560. The van der Waals surface area contributed by atoms with Crippen molar-refractivity contribution in [2.75, 3.05) is 0 Å².